The molecule has 10 N–H and O–H groups in total. The van der Waals surface area contributed by atoms with Gasteiger partial charge in [-0.3, -0.25) is 18.2 Å². The van der Waals surface area contributed by atoms with Crippen LogP contribution < -0.4 is 31.6 Å². The van der Waals surface area contributed by atoms with Crippen LogP contribution in [0.15, 0.2) is 172 Å². The minimum Gasteiger partial charge on any atom is -0.491 e. The lowest BCUT2D eigenvalue weighted by Gasteiger charge is -2.09. The highest BCUT2D eigenvalue weighted by Gasteiger charge is 2.18. The Bertz CT molecular complexity index is 3390. The fraction of sp³-hybridized carbons (Fsp3) is 0.140. The number of urea groups is 1. The van der Waals surface area contributed by atoms with Gasteiger partial charge in [0.1, 0.15) is 44.0 Å². The second-order valence-corrected chi connectivity index (χ2v) is 21.1. The summed E-state index contributed by atoms with van der Waals surface area (Å²) in [7, 11) is -17.9. The number of carbonyl (C=O) groups is 1. The Morgan fingerprint density at radius 2 is 0.757 bits per heavy atom. The molecule has 0 aromatic heterocycles. The third-order valence-corrected chi connectivity index (χ3v) is 12.7. The Balaban J connectivity index is 1.09. The molecule has 0 radical (unpaired) electrons. The first-order valence-electron chi connectivity index (χ1n) is 21.0. The van der Waals surface area contributed by atoms with Gasteiger partial charge in [-0.2, -0.15) is 54.1 Å². The number of nitrogens with zero attached hydrogens (tertiary/aromatic N) is 8. The molecule has 74 heavy (non-hydrogen) atoms. The minimum atomic E-state index is -4.70. The highest BCUT2D eigenvalue weighted by Crippen LogP contribution is 2.37. The molecule has 6 aromatic carbocycles. The molecule has 388 valence electrons. The normalized spacial score (nSPS) is 12.5. The van der Waals surface area contributed by atoms with E-state index < -0.39 is 67.8 Å². The molecule has 0 aliphatic rings. The fourth-order valence-corrected chi connectivity index (χ4v) is 8.26. The first-order chi connectivity index (χ1) is 34.9. The second-order valence-electron chi connectivity index (χ2n) is 15.2. The van der Waals surface area contributed by atoms with Crippen molar-refractivity contribution in [2.45, 2.75) is 22.6 Å². The Labute approximate surface area is 422 Å². The van der Waals surface area contributed by atoms with Gasteiger partial charge in [0, 0.05) is 34.9 Å². The van der Waals surface area contributed by atoms with Crippen LogP contribution in [0.3, 0.4) is 0 Å². The van der Waals surface area contributed by atoms with Crippen LogP contribution in [-0.2, 0) is 40.5 Å². The van der Waals surface area contributed by atoms with E-state index >= 15 is 0 Å². The van der Waals surface area contributed by atoms with E-state index in [-0.39, 0.29) is 83.1 Å². The van der Waals surface area contributed by atoms with Crippen molar-refractivity contribution in [2.75, 3.05) is 46.8 Å². The molecule has 6 aromatic rings. The van der Waals surface area contributed by atoms with Gasteiger partial charge in [-0.1, -0.05) is 0 Å². The van der Waals surface area contributed by atoms with Gasteiger partial charge >= 0.3 is 6.03 Å². The smallest absolute Gasteiger partial charge is 0.323 e. The number of nitrogens with two attached hydrogens (primary N) is 2. The number of ether oxygens (including phenoxy) is 2. The number of rotatable bonds is 22. The molecule has 0 aliphatic heterocycles. The maximum atomic E-state index is 12.9. The summed E-state index contributed by atoms with van der Waals surface area (Å²) in [6, 6.07) is 27.5. The van der Waals surface area contributed by atoms with E-state index in [1.165, 1.54) is 60.7 Å². The molecule has 0 aliphatic carbocycles. The van der Waals surface area contributed by atoms with Crippen molar-refractivity contribution >= 4 is 115 Å². The molecular formula is C43H42N12O15S4. The molecule has 0 heterocycles. The van der Waals surface area contributed by atoms with Crippen molar-refractivity contribution in [2.24, 2.45) is 40.9 Å². The number of nitrogen functional groups attached to an aromatic ring is 2. The molecule has 0 saturated carbocycles. The summed E-state index contributed by atoms with van der Waals surface area (Å²) in [6.45, 7) is -0.353. The van der Waals surface area contributed by atoms with Crippen LogP contribution >= 0.6 is 0 Å². The van der Waals surface area contributed by atoms with Gasteiger partial charge in [-0.25, -0.2) is 4.79 Å². The number of benzene rings is 6. The lowest BCUT2D eigenvalue weighted by molar-refractivity contribution is 0.262. The predicted molar refractivity (Wildman–Crippen MR) is 270 cm³/mol. The van der Waals surface area contributed by atoms with Crippen molar-refractivity contribution in [3.05, 3.63) is 121 Å². The third kappa shape index (κ3) is 17.5. The number of hydrogen-bond donors (Lipinski definition) is 8. The molecule has 0 spiro atoms. The van der Waals surface area contributed by atoms with E-state index in [2.05, 4.69) is 51.5 Å². The van der Waals surface area contributed by atoms with Crippen molar-refractivity contribution in [1.82, 2.24) is 0 Å². The Morgan fingerprint density at radius 3 is 1.11 bits per heavy atom. The molecule has 0 fully saturated rings. The number of hydrogen-bond acceptors (Lipinski definition) is 21. The first-order valence-corrected chi connectivity index (χ1v) is 27.1. The zero-order valence-electron chi connectivity index (χ0n) is 37.9. The molecule has 6 rings (SSSR count). The molecule has 0 unspecified atom stereocenters. The van der Waals surface area contributed by atoms with Gasteiger partial charge in [-0.15, -0.1) is 20.5 Å². The van der Waals surface area contributed by atoms with Gasteiger partial charge in [0.2, 0.25) is 0 Å². The van der Waals surface area contributed by atoms with Crippen molar-refractivity contribution in [3.8, 4) is 11.5 Å². The minimum absolute atomic E-state index is 0.0567. The first kappa shape index (κ1) is 55.1. The largest absolute Gasteiger partial charge is 0.491 e. The number of anilines is 4. The SMILES string of the molecule is Nc1ccc(N=Nc2ccc(N=Nc3ccc(NC(=O)Nc4ccc(N=Nc5ccc(N=Nc6ccc(N)cc6S(=O)(=O)O)cc5OCCCS(=O)(=O)O)cc4)cc3)c(OCCCS(=O)(=O)O)c2)c(S(=O)(=O)O)c1. The molecular weight excluding hydrogens is 1050 g/mol. The predicted octanol–water partition coefficient (Wildman–Crippen LogP) is 9.96. The maximum absolute atomic E-state index is 12.9. The Hall–Kier alpha value is -8.17. The summed E-state index contributed by atoms with van der Waals surface area (Å²) in [5.74, 6) is -1.03. The van der Waals surface area contributed by atoms with Crippen LogP contribution in [0, 0.1) is 0 Å². The summed E-state index contributed by atoms with van der Waals surface area (Å²) in [5, 5.41) is 38.0. The lowest BCUT2D eigenvalue weighted by Crippen LogP contribution is -2.19. The number of carbonyl (C=O) groups excluding carboxylic acids is 1. The second kappa shape index (κ2) is 24.0. The van der Waals surface area contributed by atoms with E-state index in [9.17, 15) is 47.6 Å². The molecule has 2 amide bonds. The lowest BCUT2D eigenvalue weighted by atomic mass is 10.2. The van der Waals surface area contributed by atoms with Crippen molar-refractivity contribution in [1.29, 1.82) is 0 Å². The highest BCUT2D eigenvalue weighted by atomic mass is 32.2. The fourth-order valence-electron chi connectivity index (χ4n) is 5.98. The van der Waals surface area contributed by atoms with Crippen LogP contribution in [-0.4, -0.2) is 82.6 Å². The average molecular weight is 1100 g/mol. The molecule has 0 atom stereocenters. The number of azo groups is 4. The average Bonchev–Trinajstić information content (AvgIpc) is 3.32. The zero-order chi connectivity index (χ0) is 53.7. The third-order valence-electron chi connectivity index (χ3n) is 9.36. The van der Waals surface area contributed by atoms with E-state index in [1.54, 1.807) is 48.5 Å². The summed E-state index contributed by atoms with van der Waals surface area (Å²) >= 11 is 0. The summed E-state index contributed by atoms with van der Waals surface area (Å²) < 4.78 is 141. The van der Waals surface area contributed by atoms with Crippen LogP contribution in [0.5, 0.6) is 11.5 Å². The van der Waals surface area contributed by atoms with Gasteiger partial charge in [0.05, 0.1) is 47.5 Å². The van der Waals surface area contributed by atoms with E-state index in [0.29, 0.717) is 22.7 Å². The topological polar surface area (TPSA) is 428 Å². The van der Waals surface area contributed by atoms with Gasteiger partial charge < -0.3 is 31.6 Å². The Kier molecular flexibility index (Phi) is 17.9. The zero-order valence-corrected chi connectivity index (χ0v) is 41.2. The molecule has 0 bridgehead atoms. The molecule has 27 nitrogen and oxygen atoms in total. The van der Waals surface area contributed by atoms with Crippen LogP contribution in [0.25, 0.3) is 0 Å². The van der Waals surface area contributed by atoms with Crippen LogP contribution in [0.2, 0.25) is 0 Å². The van der Waals surface area contributed by atoms with Gasteiger partial charge in [0.15, 0.2) is 0 Å². The van der Waals surface area contributed by atoms with Crippen LogP contribution in [0.4, 0.5) is 73.0 Å². The monoisotopic (exact) mass is 1090 g/mol. The Morgan fingerprint density at radius 1 is 0.432 bits per heavy atom. The van der Waals surface area contributed by atoms with E-state index in [1.807, 2.05) is 0 Å². The van der Waals surface area contributed by atoms with Crippen LogP contribution in [0.1, 0.15) is 12.8 Å². The molecule has 31 heteroatoms. The summed E-state index contributed by atoms with van der Waals surface area (Å²) in [6.07, 6.45) is -0.182. The summed E-state index contributed by atoms with van der Waals surface area (Å²) in [5.41, 5.74) is 13.0. The van der Waals surface area contributed by atoms with E-state index in [4.69, 9.17) is 30.0 Å². The van der Waals surface area contributed by atoms with Gasteiger partial charge in [-0.05, 0) is 122 Å². The highest BCUT2D eigenvalue weighted by molar-refractivity contribution is 7.86. The number of amides is 2. The summed E-state index contributed by atoms with van der Waals surface area (Å²) in [4.78, 5) is 11.7. The quantitative estimate of drug-likeness (QED) is 0.0136. The maximum Gasteiger partial charge on any atom is 0.323 e. The van der Waals surface area contributed by atoms with E-state index in [0.717, 1.165) is 12.1 Å². The standard InChI is InChI=1S/C43H42N12O15S4/c44-27-3-15-37(41(23-27)73(63,64)65)54-50-33-13-17-35(39(25-33)69-19-1-21-71(57,58)59)52-48-31-9-5-29(6-10-31)46-43(56)47-30-7-11-32(12-8-30)49-53-36-18-14-34(26-40(36)70-20-2-22-72(60,61)62)51-55-38-16-4-28(45)24-42(38)74(66,67)68/h3-18,23-26H,1-2,19-22,44-45H2,(H2,46,47,56)(H,57,58,59)(H,60,61,62)(H,63,64,65)(H,66,67,68). The van der Waals surface area contributed by atoms with Crippen molar-refractivity contribution in [3.63, 3.8) is 0 Å². The van der Waals surface area contributed by atoms with Gasteiger partial charge in [0.25, 0.3) is 40.5 Å². The molecule has 0 saturated heterocycles. The number of nitrogens with one attached hydrogen (secondary N) is 2. The van der Waals surface area contributed by atoms with Crippen molar-refractivity contribution < 1.29 is 66.2 Å².